The zero-order chi connectivity index (χ0) is 11.6. The van der Waals surface area contributed by atoms with E-state index in [2.05, 4.69) is 4.74 Å². The zero-order valence-corrected chi connectivity index (χ0v) is 7.73. The molecule has 6 heteroatoms. The number of aliphatic hydroxyl groups excluding tert-OH is 1. The Balaban J connectivity index is 3.38. The van der Waals surface area contributed by atoms with E-state index < -0.39 is 29.9 Å². The fourth-order valence-corrected chi connectivity index (χ4v) is 1.14. The van der Waals surface area contributed by atoms with Crippen LogP contribution in [-0.4, -0.2) is 12.2 Å². The standard InChI is InChI=1S/C9H8F4O2/c1-15-8-6(9(11,12)13)3-2-5(4-14)7(8)10/h2-3,14H,4H2,1H3. The van der Waals surface area contributed by atoms with Crippen LogP contribution in [0, 0.1) is 5.82 Å². The minimum atomic E-state index is -4.68. The predicted molar refractivity (Wildman–Crippen MR) is 43.9 cm³/mol. The van der Waals surface area contributed by atoms with E-state index in [1.165, 1.54) is 0 Å². The van der Waals surface area contributed by atoms with Crippen molar-refractivity contribution in [2.24, 2.45) is 0 Å². The fraction of sp³-hybridized carbons (Fsp3) is 0.333. The number of alkyl halides is 3. The summed E-state index contributed by atoms with van der Waals surface area (Å²) in [5, 5.41) is 8.66. The van der Waals surface area contributed by atoms with E-state index in [1.54, 1.807) is 0 Å². The van der Waals surface area contributed by atoms with Crippen LogP contribution in [0.5, 0.6) is 5.75 Å². The van der Waals surface area contributed by atoms with Crippen LogP contribution in [0.3, 0.4) is 0 Å². The summed E-state index contributed by atoms with van der Waals surface area (Å²) in [5.41, 5.74) is -1.43. The highest BCUT2D eigenvalue weighted by Gasteiger charge is 2.36. The fourth-order valence-electron chi connectivity index (χ4n) is 1.14. The van der Waals surface area contributed by atoms with E-state index in [0.29, 0.717) is 6.07 Å². The topological polar surface area (TPSA) is 29.5 Å². The molecule has 1 N–H and O–H groups in total. The Hall–Kier alpha value is -1.30. The molecule has 0 atom stereocenters. The number of benzene rings is 1. The van der Waals surface area contributed by atoms with Gasteiger partial charge in [0.25, 0.3) is 0 Å². The van der Waals surface area contributed by atoms with Crippen molar-refractivity contribution in [1.29, 1.82) is 0 Å². The maximum absolute atomic E-state index is 13.3. The van der Waals surface area contributed by atoms with Crippen molar-refractivity contribution in [1.82, 2.24) is 0 Å². The maximum atomic E-state index is 13.3. The first-order valence-electron chi connectivity index (χ1n) is 3.95. The summed E-state index contributed by atoms with van der Waals surface area (Å²) in [7, 11) is 0.939. The Morgan fingerprint density at radius 2 is 1.93 bits per heavy atom. The van der Waals surface area contributed by atoms with Gasteiger partial charge in [0.05, 0.1) is 13.7 Å². The lowest BCUT2D eigenvalue weighted by Crippen LogP contribution is -2.10. The van der Waals surface area contributed by atoms with Crippen LogP contribution in [0.1, 0.15) is 11.1 Å². The van der Waals surface area contributed by atoms with Gasteiger partial charge in [-0.15, -0.1) is 0 Å². The van der Waals surface area contributed by atoms with Gasteiger partial charge in [0.1, 0.15) is 5.56 Å². The molecule has 0 spiro atoms. The summed E-state index contributed by atoms with van der Waals surface area (Å²) in [6.07, 6.45) is -4.68. The lowest BCUT2D eigenvalue weighted by Gasteiger charge is -2.13. The van der Waals surface area contributed by atoms with Crippen molar-refractivity contribution in [3.63, 3.8) is 0 Å². The molecule has 0 saturated heterocycles. The summed E-state index contributed by atoms with van der Waals surface area (Å²) in [6, 6.07) is 1.55. The molecule has 0 aromatic heterocycles. The third kappa shape index (κ3) is 2.20. The number of rotatable bonds is 2. The Bertz CT molecular complexity index is 360. The number of hydrogen-bond acceptors (Lipinski definition) is 2. The molecule has 0 aliphatic carbocycles. The average molecular weight is 224 g/mol. The highest BCUT2D eigenvalue weighted by Crippen LogP contribution is 2.38. The minimum absolute atomic E-state index is 0.236. The van der Waals surface area contributed by atoms with Gasteiger partial charge < -0.3 is 9.84 Å². The first kappa shape index (κ1) is 11.8. The Morgan fingerprint density at radius 3 is 2.33 bits per heavy atom. The van der Waals surface area contributed by atoms with Crippen molar-refractivity contribution >= 4 is 0 Å². The number of hydrogen-bond donors (Lipinski definition) is 1. The molecule has 0 amide bonds. The summed E-state index contributed by atoms with van der Waals surface area (Å²) < 4.78 is 54.6. The molecule has 0 unspecified atom stereocenters. The van der Waals surface area contributed by atoms with Crippen LogP contribution < -0.4 is 4.74 Å². The van der Waals surface area contributed by atoms with E-state index in [4.69, 9.17) is 5.11 Å². The van der Waals surface area contributed by atoms with Crippen LogP contribution >= 0.6 is 0 Å². The maximum Gasteiger partial charge on any atom is 0.420 e. The van der Waals surface area contributed by atoms with Crippen molar-refractivity contribution in [3.8, 4) is 5.75 Å². The molecule has 0 bridgehead atoms. The van der Waals surface area contributed by atoms with E-state index in [9.17, 15) is 17.6 Å². The molecular weight excluding hydrogens is 216 g/mol. The first-order chi connectivity index (χ1) is 6.91. The smallest absolute Gasteiger partial charge is 0.420 e. The van der Waals surface area contributed by atoms with E-state index in [-0.39, 0.29) is 5.56 Å². The van der Waals surface area contributed by atoms with Gasteiger partial charge in [0, 0.05) is 5.56 Å². The summed E-state index contributed by atoms with van der Waals surface area (Å²) in [5.74, 6) is -2.08. The van der Waals surface area contributed by atoms with Gasteiger partial charge in [0.15, 0.2) is 11.6 Å². The lowest BCUT2D eigenvalue weighted by atomic mass is 10.1. The number of halogens is 4. The van der Waals surface area contributed by atoms with Gasteiger partial charge in [-0.05, 0) is 6.07 Å². The van der Waals surface area contributed by atoms with Crippen molar-refractivity contribution in [3.05, 3.63) is 29.1 Å². The third-order valence-corrected chi connectivity index (χ3v) is 1.86. The molecule has 0 saturated carbocycles. The van der Waals surface area contributed by atoms with Crippen LogP contribution in [0.4, 0.5) is 17.6 Å². The first-order valence-corrected chi connectivity index (χ1v) is 3.95. The lowest BCUT2D eigenvalue weighted by molar-refractivity contribution is -0.139. The molecule has 0 aliphatic rings. The second kappa shape index (κ2) is 4.06. The zero-order valence-electron chi connectivity index (χ0n) is 7.73. The molecule has 0 fully saturated rings. The highest BCUT2D eigenvalue weighted by molar-refractivity contribution is 5.41. The number of ether oxygens (including phenoxy) is 1. The summed E-state index contributed by atoms with van der Waals surface area (Å²) >= 11 is 0. The largest absolute Gasteiger partial charge is 0.493 e. The van der Waals surface area contributed by atoms with E-state index in [1.807, 2.05) is 0 Å². The van der Waals surface area contributed by atoms with Gasteiger partial charge >= 0.3 is 6.18 Å². The monoisotopic (exact) mass is 224 g/mol. The number of aliphatic hydroxyl groups is 1. The highest BCUT2D eigenvalue weighted by atomic mass is 19.4. The quantitative estimate of drug-likeness (QED) is 0.781. The molecular formula is C9H8F4O2. The molecule has 0 aliphatic heterocycles. The normalized spacial score (nSPS) is 11.6. The van der Waals surface area contributed by atoms with Crippen LogP contribution in [0.2, 0.25) is 0 Å². The van der Waals surface area contributed by atoms with Crippen molar-refractivity contribution in [2.45, 2.75) is 12.8 Å². The third-order valence-electron chi connectivity index (χ3n) is 1.86. The molecule has 1 rings (SSSR count). The van der Waals surface area contributed by atoms with Gasteiger partial charge in [-0.25, -0.2) is 4.39 Å². The van der Waals surface area contributed by atoms with Crippen LogP contribution in [-0.2, 0) is 12.8 Å². The van der Waals surface area contributed by atoms with Gasteiger partial charge in [-0.2, -0.15) is 13.2 Å². The summed E-state index contributed by atoms with van der Waals surface area (Å²) in [4.78, 5) is 0. The van der Waals surface area contributed by atoms with E-state index >= 15 is 0 Å². The molecule has 1 aromatic rings. The summed E-state index contributed by atoms with van der Waals surface area (Å²) in [6.45, 7) is -0.680. The Labute approximate surface area is 83.1 Å². The predicted octanol–water partition coefficient (Wildman–Crippen LogP) is 2.35. The van der Waals surface area contributed by atoms with E-state index in [0.717, 1.165) is 13.2 Å². The van der Waals surface area contributed by atoms with Crippen molar-refractivity contribution in [2.75, 3.05) is 7.11 Å². The SMILES string of the molecule is COc1c(C(F)(F)F)ccc(CO)c1F. The second-order valence-electron chi connectivity index (χ2n) is 2.78. The average Bonchev–Trinajstić information content (AvgIpc) is 2.15. The number of methoxy groups -OCH3 is 1. The second-order valence-corrected chi connectivity index (χ2v) is 2.78. The van der Waals surface area contributed by atoms with Gasteiger partial charge in [-0.3, -0.25) is 0 Å². The molecule has 0 radical (unpaired) electrons. The van der Waals surface area contributed by atoms with Gasteiger partial charge in [-0.1, -0.05) is 6.07 Å². The van der Waals surface area contributed by atoms with Crippen molar-refractivity contribution < 1.29 is 27.4 Å². The molecule has 2 nitrogen and oxygen atoms in total. The van der Waals surface area contributed by atoms with Crippen LogP contribution in [0.15, 0.2) is 12.1 Å². The molecule has 15 heavy (non-hydrogen) atoms. The minimum Gasteiger partial charge on any atom is -0.493 e. The van der Waals surface area contributed by atoms with Crippen LogP contribution in [0.25, 0.3) is 0 Å². The molecule has 0 heterocycles. The molecule has 1 aromatic carbocycles. The molecule has 84 valence electrons. The Kier molecular flexibility index (Phi) is 3.18. The van der Waals surface area contributed by atoms with Gasteiger partial charge in [0.2, 0.25) is 0 Å². The Morgan fingerprint density at radius 1 is 1.33 bits per heavy atom.